The van der Waals surface area contributed by atoms with E-state index in [0.717, 1.165) is 6.42 Å². The van der Waals surface area contributed by atoms with Gasteiger partial charge in [-0.25, -0.2) is 0 Å². The van der Waals surface area contributed by atoms with Crippen LogP contribution in [-0.2, 0) is 6.42 Å². The van der Waals surface area contributed by atoms with Gasteiger partial charge in [-0.15, -0.1) is 0 Å². The summed E-state index contributed by atoms with van der Waals surface area (Å²) in [5, 5.41) is 4.06. The maximum absolute atomic E-state index is 6.05. The van der Waals surface area contributed by atoms with Gasteiger partial charge in [-0.3, -0.25) is 4.99 Å². The van der Waals surface area contributed by atoms with Crippen molar-refractivity contribution < 1.29 is 0 Å². The standard InChI is InChI=1S/C15H15Cl2N3/c16-12-6-7-14(13(17)10-12)20-15(18)19-9-8-11-4-2-1-3-5-11/h1-7,10H,8-9H2,(H3,18,19,20). The molecule has 0 bridgehead atoms. The van der Waals surface area contributed by atoms with Crippen molar-refractivity contribution in [2.45, 2.75) is 6.42 Å². The molecule has 0 heterocycles. The minimum atomic E-state index is 0.338. The lowest BCUT2D eigenvalue weighted by Gasteiger charge is -2.08. The minimum Gasteiger partial charge on any atom is -0.370 e. The van der Waals surface area contributed by atoms with Gasteiger partial charge >= 0.3 is 0 Å². The summed E-state index contributed by atoms with van der Waals surface area (Å²) >= 11 is 11.9. The number of guanidine groups is 1. The van der Waals surface area contributed by atoms with E-state index in [4.69, 9.17) is 28.9 Å². The third kappa shape index (κ3) is 4.44. The van der Waals surface area contributed by atoms with Gasteiger partial charge in [-0.05, 0) is 30.2 Å². The van der Waals surface area contributed by atoms with E-state index in [0.29, 0.717) is 28.2 Å². The number of benzene rings is 2. The monoisotopic (exact) mass is 307 g/mol. The third-order valence-electron chi connectivity index (χ3n) is 2.72. The summed E-state index contributed by atoms with van der Waals surface area (Å²) in [5.74, 6) is 0.338. The quantitative estimate of drug-likeness (QED) is 0.663. The maximum atomic E-state index is 6.05. The number of anilines is 1. The maximum Gasteiger partial charge on any atom is 0.193 e. The second-order valence-corrected chi connectivity index (χ2v) is 5.10. The Bertz CT molecular complexity index is 597. The van der Waals surface area contributed by atoms with Crippen LogP contribution in [0.5, 0.6) is 0 Å². The van der Waals surface area contributed by atoms with Gasteiger partial charge in [0.2, 0.25) is 0 Å². The predicted molar refractivity (Wildman–Crippen MR) is 86.7 cm³/mol. The van der Waals surface area contributed by atoms with Crippen molar-refractivity contribution in [2.24, 2.45) is 10.7 Å². The molecule has 0 radical (unpaired) electrons. The first kappa shape index (κ1) is 14.7. The molecule has 104 valence electrons. The number of nitrogens with zero attached hydrogens (tertiary/aromatic N) is 1. The van der Waals surface area contributed by atoms with Crippen LogP contribution in [0.25, 0.3) is 0 Å². The van der Waals surface area contributed by atoms with Crippen molar-refractivity contribution in [3.05, 3.63) is 64.1 Å². The normalized spacial score (nSPS) is 11.4. The molecule has 3 N–H and O–H groups in total. The first-order valence-corrected chi connectivity index (χ1v) is 6.96. The van der Waals surface area contributed by atoms with Crippen LogP contribution in [0.1, 0.15) is 5.56 Å². The van der Waals surface area contributed by atoms with Crippen LogP contribution in [0.15, 0.2) is 53.5 Å². The Morgan fingerprint density at radius 2 is 1.85 bits per heavy atom. The number of nitrogens with one attached hydrogen (secondary N) is 1. The fourth-order valence-corrected chi connectivity index (χ4v) is 2.17. The van der Waals surface area contributed by atoms with Crippen LogP contribution in [0.3, 0.4) is 0 Å². The van der Waals surface area contributed by atoms with Crippen LogP contribution in [0.4, 0.5) is 5.69 Å². The van der Waals surface area contributed by atoms with Gasteiger partial charge in [-0.1, -0.05) is 53.5 Å². The fourth-order valence-electron chi connectivity index (χ4n) is 1.72. The van der Waals surface area contributed by atoms with E-state index in [-0.39, 0.29) is 0 Å². The average molecular weight is 308 g/mol. The molecule has 0 amide bonds. The smallest absolute Gasteiger partial charge is 0.193 e. The molecule has 2 rings (SSSR count). The van der Waals surface area contributed by atoms with Crippen molar-refractivity contribution in [2.75, 3.05) is 11.9 Å². The molecule has 0 unspecified atom stereocenters. The van der Waals surface area contributed by atoms with E-state index in [2.05, 4.69) is 22.4 Å². The number of halogens is 2. The van der Waals surface area contributed by atoms with Crippen molar-refractivity contribution in [3.63, 3.8) is 0 Å². The SMILES string of the molecule is NC(=NCCc1ccccc1)Nc1ccc(Cl)cc1Cl. The Morgan fingerprint density at radius 3 is 2.55 bits per heavy atom. The van der Waals surface area contributed by atoms with Gasteiger partial charge in [0.05, 0.1) is 10.7 Å². The molecule has 2 aromatic rings. The Morgan fingerprint density at radius 1 is 1.10 bits per heavy atom. The summed E-state index contributed by atoms with van der Waals surface area (Å²) in [6.45, 7) is 0.619. The second kappa shape index (κ2) is 7.17. The summed E-state index contributed by atoms with van der Waals surface area (Å²) in [5.41, 5.74) is 7.75. The predicted octanol–water partition coefficient (Wildman–Crippen LogP) is 3.96. The third-order valence-corrected chi connectivity index (χ3v) is 3.27. The highest BCUT2D eigenvalue weighted by molar-refractivity contribution is 6.36. The fraction of sp³-hybridized carbons (Fsp3) is 0.133. The van der Waals surface area contributed by atoms with Crippen molar-refractivity contribution in [1.29, 1.82) is 0 Å². The lowest BCUT2D eigenvalue weighted by atomic mass is 10.2. The summed E-state index contributed by atoms with van der Waals surface area (Å²) in [4.78, 5) is 4.27. The zero-order chi connectivity index (χ0) is 14.4. The lowest BCUT2D eigenvalue weighted by molar-refractivity contribution is 0.965. The molecule has 0 spiro atoms. The zero-order valence-corrected chi connectivity index (χ0v) is 12.3. The molecular formula is C15H15Cl2N3. The van der Waals surface area contributed by atoms with Crippen LogP contribution in [0.2, 0.25) is 10.0 Å². The van der Waals surface area contributed by atoms with Gasteiger partial charge in [0, 0.05) is 11.6 Å². The van der Waals surface area contributed by atoms with Crippen molar-refractivity contribution in [1.82, 2.24) is 0 Å². The molecule has 20 heavy (non-hydrogen) atoms. The lowest BCUT2D eigenvalue weighted by Crippen LogP contribution is -2.23. The molecular weight excluding hydrogens is 293 g/mol. The van der Waals surface area contributed by atoms with Crippen LogP contribution in [-0.4, -0.2) is 12.5 Å². The number of rotatable bonds is 4. The summed E-state index contributed by atoms with van der Waals surface area (Å²) in [7, 11) is 0. The topological polar surface area (TPSA) is 50.4 Å². The first-order valence-electron chi connectivity index (χ1n) is 6.21. The molecule has 0 saturated carbocycles. The molecule has 0 atom stereocenters. The zero-order valence-electron chi connectivity index (χ0n) is 10.8. The highest BCUT2D eigenvalue weighted by atomic mass is 35.5. The Labute approximate surface area is 128 Å². The largest absolute Gasteiger partial charge is 0.370 e. The summed E-state index contributed by atoms with van der Waals surface area (Å²) in [6, 6.07) is 15.3. The van der Waals surface area contributed by atoms with Crippen LogP contribution in [0, 0.1) is 0 Å². The minimum absolute atomic E-state index is 0.338. The number of hydrogen-bond donors (Lipinski definition) is 2. The molecule has 2 aromatic carbocycles. The van der Waals surface area contributed by atoms with E-state index >= 15 is 0 Å². The van der Waals surface area contributed by atoms with Gasteiger partial charge in [-0.2, -0.15) is 0 Å². The number of aliphatic imine (C=N–C) groups is 1. The molecule has 0 fully saturated rings. The van der Waals surface area contributed by atoms with Gasteiger partial charge in [0.25, 0.3) is 0 Å². The van der Waals surface area contributed by atoms with Crippen molar-refractivity contribution >= 4 is 34.8 Å². The van der Waals surface area contributed by atoms with Gasteiger partial charge < -0.3 is 11.1 Å². The van der Waals surface area contributed by atoms with E-state index in [9.17, 15) is 0 Å². The Hall–Kier alpha value is -1.71. The van der Waals surface area contributed by atoms with Crippen molar-refractivity contribution in [3.8, 4) is 0 Å². The second-order valence-electron chi connectivity index (χ2n) is 4.25. The highest BCUT2D eigenvalue weighted by Crippen LogP contribution is 2.24. The highest BCUT2D eigenvalue weighted by Gasteiger charge is 2.02. The van der Waals surface area contributed by atoms with Gasteiger partial charge in [0.15, 0.2) is 5.96 Å². The van der Waals surface area contributed by atoms with Crippen LogP contribution < -0.4 is 11.1 Å². The molecule has 0 aliphatic carbocycles. The first-order chi connectivity index (χ1) is 9.65. The van der Waals surface area contributed by atoms with E-state index in [1.54, 1.807) is 18.2 Å². The van der Waals surface area contributed by atoms with Crippen LogP contribution >= 0.6 is 23.2 Å². The Kier molecular flexibility index (Phi) is 5.27. The molecule has 3 nitrogen and oxygen atoms in total. The van der Waals surface area contributed by atoms with E-state index in [1.165, 1.54) is 5.56 Å². The Balaban J connectivity index is 1.91. The average Bonchev–Trinajstić information content (AvgIpc) is 2.43. The summed E-state index contributed by atoms with van der Waals surface area (Å²) in [6.07, 6.45) is 0.845. The molecule has 5 heteroatoms. The number of hydrogen-bond acceptors (Lipinski definition) is 1. The molecule has 0 aromatic heterocycles. The molecule has 0 aliphatic heterocycles. The molecule has 0 aliphatic rings. The number of nitrogens with two attached hydrogens (primary N) is 1. The van der Waals surface area contributed by atoms with Gasteiger partial charge in [0.1, 0.15) is 0 Å². The molecule has 0 saturated heterocycles. The van der Waals surface area contributed by atoms with E-state index < -0.39 is 0 Å². The van der Waals surface area contributed by atoms with E-state index in [1.807, 2.05) is 18.2 Å². The summed E-state index contributed by atoms with van der Waals surface area (Å²) < 4.78 is 0.